The Morgan fingerprint density at radius 3 is 2.56 bits per heavy atom. The fourth-order valence-electron chi connectivity index (χ4n) is 3.53. The molecule has 144 valence electrons. The van der Waals surface area contributed by atoms with Crippen LogP contribution >= 0.6 is 23.3 Å². The van der Waals surface area contributed by atoms with Crippen LogP contribution in [0.1, 0.15) is 5.56 Å². The number of piperazine rings is 1. The smallest absolute Gasteiger partial charge is 0.140 e. The number of thiol groups is 1. The predicted octanol–water partition coefficient (Wildman–Crippen LogP) is 4.20. The first-order valence-corrected chi connectivity index (χ1v) is 10.4. The summed E-state index contributed by atoms with van der Waals surface area (Å²) in [4.78, 5) is 10.8. The van der Waals surface area contributed by atoms with Gasteiger partial charge < -0.3 is 9.64 Å². The van der Waals surface area contributed by atoms with E-state index in [1.165, 1.54) is 10.5 Å². The number of nitrogens with zero attached hydrogens (tertiary/aromatic N) is 3. The third-order valence-corrected chi connectivity index (χ3v) is 7.14. The molecule has 0 aliphatic carbocycles. The molecular weight excluding hydrogens is 378 g/mol. The van der Waals surface area contributed by atoms with Gasteiger partial charge in [0, 0.05) is 43.8 Å². The molecule has 1 fully saturated rings. The van der Waals surface area contributed by atoms with Gasteiger partial charge in [-0.15, -0.1) is 23.3 Å². The zero-order valence-electron chi connectivity index (χ0n) is 15.5. The number of ether oxygens (including phenoxy) is 1. The Bertz CT molecular complexity index is 804. The minimum Gasteiger partial charge on any atom is -0.492 e. The first-order valence-electron chi connectivity index (χ1n) is 9.03. The van der Waals surface area contributed by atoms with Crippen molar-refractivity contribution in [2.45, 2.75) is 11.4 Å². The molecule has 1 unspecified atom stereocenters. The minimum atomic E-state index is -0.485. The van der Waals surface area contributed by atoms with Crippen molar-refractivity contribution in [3.05, 3.63) is 76.9 Å². The van der Waals surface area contributed by atoms with Crippen LogP contribution in [0, 0.1) is 0 Å². The Morgan fingerprint density at radius 1 is 1.04 bits per heavy atom. The number of halogens is 1. The van der Waals surface area contributed by atoms with E-state index in [2.05, 4.69) is 68.7 Å². The van der Waals surface area contributed by atoms with Crippen molar-refractivity contribution >= 4 is 29.1 Å². The maximum Gasteiger partial charge on any atom is 0.140 e. The molecule has 0 N–H and O–H groups in total. The van der Waals surface area contributed by atoms with Crippen molar-refractivity contribution in [3.63, 3.8) is 0 Å². The van der Waals surface area contributed by atoms with Gasteiger partial charge in [-0.25, -0.2) is 4.98 Å². The van der Waals surface area contributed by atoms with E-state index in [1.54, 1.807) is 7.11 Å². The molecule has 2 aliphatic rings. The van der Waals surface area contributed by atoms with E-state index >= 15 is 0 Å². The van der Waals surface area contributed by atoms with Crippen molar-refractivity contribution in [1.29, 1.82) is 0 Å². The number of aromatic nitrogens is 1. The molecule has 1 aromatic heterocycles. The lowest BCUT2D eigenvalue weighted by Crippen LogP contribution is -2.46. The molecule has 4 nitrogen and oxygen atoms in total. The van der Waals surface area contributed by atoms with Crippen LogP contribution in [0.15, 0.2) is 76.2 Å². The highest BCUT2D eigenvalue weighted by Gasteiger charge is 2.21. The molecule has 2 aliphatic heterocycles. The maximum atomic E-state index is 5.59. The summed E-state index contributed by atoms with van der Waals surface area (Å²) in [5.74, 6) is 1.09. The van der Waals surface area contributed by atoms with Crippen molar-refractivity contribution in [2.75, 3.05) is 38.2 Å². The van der Waals surface area contributed by atoms with Crippen LogP contribution in [-0.4, -0.2) is 43.2 Å². The van der Waals surface area contributed by atoms with Gasteiger partial charge >= 0.3 is 0 Å². The van der Waals surface area contributed by atoms with Crippen LogP contribution in [0.25, 0.3) is 0 Å². The fraction of sp³-hybridized carbons (Fsp3) is 0.286. The molecule has 4 rings (SSSR count). The first-order chi connectivity index (χ1) is 12.8. The third kappa shape index (κ3) is 4.49. The number of hydrogen-bond donors (Lipinski definition) is 1. The second-order valence-corrected chi connectivity index (χ2v) is 8.46. The molecule has 0 bridgehead atoms. The summed E-state index contributed by atoms with van der Waals surface area (Å²) in [5.41, 5.74) is 1.42. The summed E-state index contributed by atoms with van der Waals surface area (Å²) < 4.78 is 5.59. The van der Waals surface area contributed by atoms with Gasteiger partial charge in [0.05, 0.1) is 7.11 Å². The topological polar surface area (TPSA) is 28.6 Å². The summed E-state index contributed by atoms with van der Waals surface area (Å²) in [5, 5.41) is 3.37. The van der Waals surface area contributed by atoms with Crippen LogP contribution in [0.5, 0.6) is 0 Å². The minimum absolute atomic E-state index is 0. The van der Waals surface area contributed by atoms with Gasteiger partial charge in [0.15, 0.2) is 0 Å². The predicted molar refractivity (Wildman–Crippen MR) is 117 cm³/mol. The summed E-state index contributed by atoms with van der Waals surface area (Å²) in [7, 11) is 1.29. The van der Waals surface area contributed by atoms with Gasteiger partial charge in [-0.1, -0.05) is 30.3 Å². The highest BCUT2D eigenvalue weighted by Crippen LogP contribution is 2.50. The van der Waals surface area contributed by atoms with Gasteiger partial charge in [-0.05, 0) is 35.2 Å². The molecule has 3 heterocycles. The van der Waals surface area contributed by atoms with Crippen molar-refractivity contribution < 1.29 is 4.74 Å². The van der Waals surface area contributed by atoms with Gasteiger partial charge in [0.1, 0.15) is 10.9 Å². The Hall–Kier alpha value is -1.95. The maximum absolute atomic E-state index is 5.59. The first kappa shape index (κ1) is 19.8. The second kappa shape index (κ2) is 9.31. The average Bonchev–Trinajstić information content (AvgIpc) is 3.18. The lowest BCUT2D eigenvalue weighted by molar-refractivity contribution is 0.247. The number of allylic oxidation sites excluding steroid dienone is 2. The van der Waals surface area contributed by atoms with Crippen LogP contribution in [0.3, 0.4) is 0 Å². The molecule has 0 amide bonds. The SMILES string of the molecule is COC1=CC=C[SH]1c1ccccc1CN1CCN(c2ccccn2)CC1.Cl. The average molecular weight is 404 g/mol. The summed E-state index contributed by atoms with van der Waals surface area (Å²) >= 11 is 0. The van der Waals surface area contributed by atoms with E-state index in [0.717, 1.165) is 43.6 Å². The van der Waals surface area contributed by atoms with Crippen molar-refractivity contribution in [3.8, 4) is 0 Å². The molecule has 1 aromatic carbocycles. The second-order valence-electron chi connectivity index (χ2n) is 6.50. The van der Waals surface area contributed by atoms with Crippen LogP contribution in [0.4, 0.5) is 5.82 Å². The van der Waals surface area contributed by atoms with Crippen LogP contribution in [0.2, 0.25) is 0 Å². The number of methoxy groups -OCH3 is 1. The molecule has 1 atom stereocenters. The van der Waals surface area contributed by atoms with E-state index < -0.39 is 10.9 Å². The largest absolute Gasteiger partial charge is 0.492 e. The molecule has 6 heteroatoms. The van der Waals surface area contributed by atoms with Crippen LogP contribution < -0.4 is 4.90 Å². The fourth-order valence-corrected chi connectivity index (χ4v) is 5.47. The molecule has 1 saturated heterocycles. The van der Waals surface area contributed by atoms with Crippen LogP contribution in [-0.2, 0) is 11.3 Å². The number of hydrogen-bond acceptors (Lipinski definition) is 4. The van der Waals surface area contributed by atoms with Crippen molar-refractivity contribution in [1.82, 2.24) is 9.88 Å². The quantitative estimate of drug-likeness (QED) is 0.757. The third-order valence-electron chi connectivity index (χ3n) is 4.91. The Labute approximate surface area is 170 Å². The standard InChI is InChI=1S/C21H25N3OS.ClH/c1-25-21-10-6-16-26(21)19-8-3-2-7-18(19)17-23-12-14-24(15-13-23)20-9-4-5-11-22-20;/h2-11,16,26H,12-15,17H2,1H3;1H. The zero-order valence-corrected chi connectivity index (χ0v) is 17.2. The normalized spacial score (nSPS) is 20.9. The summed E-state index contributed by atoms with van der Waals surface area (Å²) in [6, 6.07) is 14.9. The molecule has 2 aromatic rings. The van der Waals surface area contributed by atoms with E-state index in [1.807, 2.05) is 12.3 Å². The summed E-state index contributed by atoms with van der Waals surface area (Å²) in [6.45, 7) is 5.17. The van der Waals surface area contributed by atoms with E-state index in [0.29, 0.717) is 0 Å². The zero-order chi connectivity index (χ0) is 17.8. The number of benzene rings is 1. The molecule has 0 spiro atoms. The van der Waals surface area contributed by atoms with Gasteiger partial charge in [-0.2, -0.15) is 0 Å². The Balaban J connectivity index is 0.00000210. The Morgan fingerprint density at radius 2 is 1.81 bits per heavy atom. The molecule has 0 saturated carbocycles. The Kier molecular flexibility index (Phi) is 6.83. The van der Waals surface area contributed by atoms with Crippen molar-refractivity contribution in [2.24, 2.45) is 0 Å². The van der Waals surface area contributed by atoms with E-state index in [4.69, 9.17) is 4.74 Å². The molecule has 0 radical (unpaired) electrons. The lowest BCUT2D eigenvalue weighted by atomic mass is 10.2. The van der Waals surface area contributed by atoms with E-state index in [-0.39, 0.29) is 12.4 Å². The van der Waals surface area contributed by atoms with E-state index in [9.17, 15) is 0 Å². The lowest BCUT2D eigenvalue weighted by Gasteiger charge is -2.36. The van der Waals surface area contributed by atoms with Gasteiger partial charge in [0.2, 0.25) is 0 Å². The molecule has 27 heavy (non-hydrogen) atoms. The molecular formula is C21H26ClN3OS. The monoisotopic (exact) mass is 403 g/mol. The number of rotatable bonds is 5. The van der Waals surface area contributed by atoms with Gasteiger partial charge in [0.25, 0.3) is 0 Å². The highest BCUT2D eigenvalue weighted by atomic mass is 35.5. The number of anilines is 1. The number of pyridine rings is 1. The van der Waals surface area contributed by atoms with Gasteiger partial charge in [-0.3, -0.25) is 4.90 Å². The highest BCUT2D eigenvalue weighted by molar-refractivity contribution is 8.23. The summed E-state index contributed by atoms with van der Waals surface area (Å²) in [6.07, 6.45) is 6.08.